The molecule has 1 heterocycles. The highest BCUT2D eigenvalue weighted by molar-refractivity contribution is 5.84. The number of fused-ring (bicyclic) bond motifs is 1. The summed E-state index contributed by atoms with van der Waals surface area (Å²) in [5.41, 5.74) is 1.63. The van der Waals surface area contributed by atoms with Crippen LogP contribution in [0.5, 0.6) is 0 Å². The third-order valence-corrected chi connectivity index (χ3v) is 5.25. The Bertz CT molecular complexity index is 1350. The van der Waals surface area contributed by atoms with Gasteiger partial charge in [0.05, 0.1) is 5.56 Å². The summed E-state index contributed by atoms with van der Waals surface area (Å²) in [5.74, 6) is 2.40. The van der Waals surface area contributed by atoms with E-state index in [9.17, 15) is 17.6 Å². The zero-order valence-electron chi connectivity index (χ0n) is 17.9. The van der Waals surface area contributed by atoms with Gasteiger partial charge in [-0.25, -0.2) is 27.5 Å². The molecule has 4 rings (SSSR count). The Kier molecular flexibility index (Phi) is 6.69. The summed E-state index contributed by atoms with van der Waals surface area (Å²) in [6, 6.07) is 9.38. The van der Waals surface area contributed by atoms with Gasteiger partial charge in [0, 0.05) is 24.4 Å². The number of rotatable bonds is 5. The highest BCUT2D eigenvalue weighted by Gasteiger charge is 2.10. The average molecular weight is 448 g/mol. The minimum atomic E-state index is -0.970. The number of hydrogen-bond acceptors (Lipinski definition) is 2. The molecule has 0 bridgehead atoms. The lowest BCUT2D eigenvalue weighted by Gasteiger charge is -2.05. The Hall–Kier alpha value is -3.72. The van der Waals surface area contributed by atoms with Crippen LogP contribution in [0.4, 0.5) is 17.6 Å². The third-order valence-electron chi connectivity index (χ3n) is 5.25. The molecule has 33 heavy (non-hydrogen) atoms. The molecular formula is C27H20F4N2. The quantitative estimate of drug-likeness (QED) is 0.264. The number of halogens is 4. The van der Waals surface area contributed by atoms with Crippen molar-refractivity contribution in [2.45, 2.75) is 32.6 Å². The van der Waals surface area contributed by atoms with Crippen LogP contribution in [-0.2, 0) is 19.3 Å². The van der Waals surface area contributed by atoms with Crippen LogP contribution in [0.1, 0.15) is 41.4 Å². The maximum absolute atomic E-state index is 14.6. The fourth-order valence-corrected chi connectivity index (χ4v) is 3.53. The van der Waals surface area contributed by atoms with E-state index in [4.69, 9.17) is 0 Å². The van der Waals surface area contributed by atoms with Crippen molar-refractivity contribution in [3.8, 4) is 11.8 Å². The molecular weight excluding hydrogens is 428 g/mol. The van der Waals surface area contributed by atoms with Gasteiger partial charge in [0.15, 0.2) is 11.6 Å². The lowest BCUT2D eigenvalue weighted by atomic mass is 10.0. The summed E-state index contributed by atoms with van der Waals surface area (Å²) in [6.07, 6.45) is 6.34. The van der Waals surface area contributed by atoms with E-state index in [1.54, 1.807) is 30.6 Å². The second-order valence-corrected chi connectivity index (χ2v) is 7.77. The SMILES string of the molecule is CCCc1cnc(CCc2cc(F)c(C#Cc3ccc4cc(F)c(F)cc4c3)c(F)c2)nc1. The third kappa shape index (κ3) is 5.38. The largest absolute Gasteiger partial charge is 0.241 e. The van der Waals surface area contributed by atoms with Gasteiger partial charge in [-0.2, -0.15) is 0 Å². The van der Waals surface area contributed by atoms with Crippen LogP contribution >= 0.6 is 0 Å². The van der Waals surface area contributed by atoms with E-state index in [2.05, 4.69) is 28.7 Å². The van der Waals surface area contributed by atoms with Crippen molar-refractivity contribution in [2.75, 3.05) is 0 Å². The van der Waals surface area contributed by atoms with E-state index >= 15 is 0 Å². The molecule has 0 aliphatic rings. The maximum Gasteiger partial charge on any atom is 0.159 e. The number of aryl methyl sites for hydroxylation is 3. The van der Waals surface area contributed by atoms with Gasteiger partial charge in [0.25, 0.3) is 0 Å². The van der Waals surface area contributed by atoms with Crippen LogP contribution in [0, 0.1) is 35.1 Å². The number of hydrogen-bond donors (Lipinski definition) is 0. The van der Waals surface area contributed by atoms with Gasteiger partial charge in [-0.15, -0.1) is 0 Å². The summed E-state index contributed by atoms with van der Waals surface area (Å²) in [6.45, 7) is 2.08. The molecule has 3 aromatic carbocycles. The zero-order chi connectivity index (χ0) is 23.4. The van der Waals surface area contributed by atoms with Crippen molar-refractivity contribution in [2.24, 2.45) is 0 Å². The van der Waals surface area contributed by atoms with Crippen molar-refractivity contribution in [3.63, 3.8) is 0 Å². The van der Waals surface area contributed by atoms with Crippen LogP contribution in [0.15, 0.2) is 54.9 Å². The highest BCUT2D eigenvalue weighted by Crippen LogP contribution is 2.20. The summed E-state index contributed by atoms with van der Waals surface area (Å²) in [5, 5.41) is 0.951. The van der Waals surface area contributed by atoms with Crippen LogP contribution in [0.3, 0.4) is 0 Å². The normalized spacial score (nSPS) is 10.8. The predicted octanol–water partition coefficient (Wildman–Crippen LogP) is 6.32. The van der Waals surface area contributed by atoms with Crippen molar-refractivity contribution >= 4 is 10.8 Å². The molecule has 0 saturated heterocycles. The molecule has 0 aliphatic carbocycles. The van der Waals surface area contributed by atoms with Gasteiger partial charge in [0.1, 0.15) is 17.5 Å². The van der Waals surface area contributed by atoms with Crippen molar-refractivity contribution in [1.29, 1.82) is 0 Å². The van der Waals surface area contributed by atoms with Gasteiger partial charge < -0.3 is 0 Å². The van der Waals surface area contributed by atoms with Gasteiger partial charge in [-0.05, 0) is 71.1 Å². The minimum Gasteiger partial charge on any atom is -0.241 e. The fourth-order valence-electron chi connectivity index (χ4n) is 3.53. The highest BCUT2D eigenvalue weighted by atomic mass is 19.2. The van der Waals surface area contributed by atoms with Gasteiger partial charge >= 0.3 is 0 Å². The van der Waals surface area contributed by atoms with Crippen molar-refractivity contribution < 1.29 is 17.6 Å². The monoisotopic (exact) mass is 448 g/mol. The Labute approximate surface area is 189 Å². The van der Waals surface area contributed by atoms with Gasteiger partial charge in [0.2, 0.25) is 0 Å². The Morgan fingerprint density at radius 1 is 0.667 bits per heavy atom. The molecule has 6 heteroatoms. The maximum atomic E-state index is 14.6. The molecule has 2 nitrogen and oxygen atoms in total. The van der Waals surface area contributed by atoms with E-state index in [0.717, 1.165) is 30.5 Å². The van der Waals surface area contributed by atoms with E-state index < -0.39 is 23.3 Å². The summed E-state index contributed by atoms with van der Waals surface area (Å²) < 4.78 is 55.9. The molecule has 0 spiro atoms. The van der Waals surface area contributed by atoms with E-state index in [0.29, 0.717) is 40.6 Å². The molecule has 1 aromatic heterocycles. The predicted molar refractivity (Wildman–Crippen MR) is 120 cm³/mol. The van der Waals surface area contributed by atoms with E-state index in [-0.39, 0.29) is 5.56 Å². The second-order valence-electron chi connectivity index (χ2n) is 7.77. The first-order chi connectivity index (χ1) is 15.9. The molecule has 0 saturated carbocycles. The van der Waals surface area contributed by atoms with Crippen LogP contribution in [0.2, 0.25) is 0 Å². The zero-order valence-corrected chi connectivity index (χ0v) is 17.9. The molecule has 0 unspecified atom stereocenters. The standard InChI is InChI=1S/C27H20F4N2/c1-2-3-19-15-32-27(33-16-19)9-6-18-11-23(28)22(24(29)12-18)8-5-17-4-7-20-13-25(30)26(31)14-21(20)10-17/h4,7,10-16H,2-3,6,9H2,1H3. The Balaban J connectivity index is 1.50. The molecule has 0 atom stereocenters. The Morgan fingerprint density at radius 2 is 1.33 bits per heavy atom. The van der Waals surface area contributed by atoms with Gasteiger partial charge in [-0.1, -0.05) is 31.3 Å². The molecule has 0 radical (unpaired) electrons. The van der Waals surface area contributed by atoms with Crippen molar-refractivity contribution in [1.82, 2.24) is 9.97 Å². The summed E-state index contributed by atoms with van der Waals surface area (Å²) >= 11 is 0. The Morgan fingerprint density at radius 3 is 2.00 bits per heavy atom. The molecule has 0 aliphatic heterocycles. The van der Waals surface area contributed by atoms with Crippen molar-refractivity contribution in [3.05, 3.63) is 106 Å². The van der Waals surface area contributed by atoms with E-state index in [1.807, 2.05) is 0 Å². The molecule has 0 N–H and O–H groups in total. The van der Waals surface area contributed by atoms with Crippen LogP contribution < -0.4 is 0 Å². The first kappa shape index (κ1) is 22.5. The second kappa shape index (κ2) is 9.83. The number of nitrogens with zero attached hydrogens (tertiary/aromatic N) is 2. The van der Waals surface area contributed by atoms with Crippen LogP contribution in [-0.4, -0.2) is 9.97 Å². The smallest absolute Gasteiger partial charge is 0.159 e. The summed E-state index contributed by atoms with van der Waals surface area (Å²) in [4.78, 5) is 8.61. The molecule has 4 aromatic rings. The molecule has 0 amide bonds. The average Bonchev–Trinajstić information content (AvgIpc) is 2.79. The topological polar surface area (TPSA) is 25.8 Å². The molecule has 0 fully saturated rings. The lowest BCUT2D eigenvalue weighted by molar-refractivity contribution is 0.511. The summed E-state index contributed by atoms with van der Waals surface area (Å²) in [7, 11) is 0. The molecule has 166 valence electrons. The fraction of sp³-hybridized carbons (Fsp3) is 0.185. The lowest BCUT2D eigenvalue weighted by Crippen LogP contribution is -2.01. The number of benzene rings is 3. The first-order valence-corrected chi connectivity index (χ1v) is 10.6. The first-order valence-electron chi connectivity index (χ1n) is 10.6. The van der Waals surface area contributed by atoms with E-state index in [1.165, 1.54) is 12.1 Å². The van der Waals surface area contributed by atoms with Gasteiger partial charge in [-0.3, -0.25) is 0 Å². The number of aromatic nitrogens is 2. The van der Waals surface area contributed by atoms with Crippen LogP contribution in [0.25, 0.3) is 10.8 Å². The minimum absolute atomic E-state index is 0.343.